The molecule has 0 unspecified atom stereocenters. The number of carbonyl (C=O) groups excluding carboxylic acids is 2. The molecule has 2 amide bonds. The van der Waals surface area contributed by atoms with Crippen molar-refractivity contribution in [2.75, 3.05) is 31.1 Å². The number of hydrogen-bond acceptors (Lipinski definition) is 4. The van der Waals surface area contributed by atoms with Crippen LogP contribution in [0.15, 0.2) is 67.0 Å². The summed E-state index contributed by atoms with van der Waals surface area (Å²) < 4.78 is 0. The Balaban J connectivity index is 1.12. The van der Waals surface area contributed by atoms with E-state index >= 15 is 0 Å². The van der Waals surface area contributed by atoms with Gasteiger partial charge >= 0.3 is 0 Å². The van der Waals surface area contributed by atoms with E-state index < -0.39 is 0 Å². The zero-order chi connectivity index (χ0) is 25.4. The van der Waals surface area contributed by atoms with E-state index in [1.165, 1.54) is 11.3 Å². The first-order valence-corrected chi connectivity index (χ1v) is 13.5. The van der Waals surface area contributed by atoms with Gasteiger partial charge in [-0.2, -0.15) is 0 Å². The number of likely N-dealkylation sites (tertiary alicyclic amines) is 1. The van der Waals surface area contributed by atoms with E-state index in [1.807, 2.05) is 41.6 Å². The van der Waals surface area contributed by atoms with Crippen molar-refractivity contribution in [1.29, 1.82) is 0 Å². The minimum atomic E-state index is -0.181. The number of aromatic nitrogens is 1. The lowest BCUT2D eigenvalue weighted by atomic mass is 9.77. The SMILES string of the molecule is O=C(N[C@@H]1CCc2ccc(C(=O)N3CCC4(CCN(c5ccncc5)CC4)C3)cc21)c1ccccc1Cl. The van der Waals surface area contributed by atoms with Gasteiger partial charge in [0.2, 0.25) is 0 Å². The molecule has 6 rings (SSSR count). The van der Waals surface area contributed by atoms with Crippen LogP contribution in [-0.2, 0) is 6.42 Å². The van der Waals surface area contributed by atoms with Crippen LogP contribution in [0.25, 0.3) is 0 Å². The number of anilines is 1. The Bertz CT molecular complexity index is 1320. The summed E-state index contributed by atoms with van der Waals surface area (Å²) in [6.07, 6.45) is 8.66. The lowest BCUT2D eigenvalue weighted by Gasteiger charge is -2.40. The molecule has 2 aromatic carbocycles. The standard InChI is InChI=1S/C30H31ClN4O2/c31-26-4-2-1-3-24(26)28(36)33-27-8-7-21-5-6-22(19-25(21)27)29(37)35-18-13-30(20-35)11-16-34(17-12-30)23-9-14-32-15-10-23/h1-6,9-10,14-15,19,27H,7-8,11-13,16-18,20H2,(H,33,36)/t27-/m1/s1. The van der Waals surface area contributed by atoms with Gasteiger partial charge in [-0.05, 0) is 85.0 Å². The van der Waals surface area contributed by atoms with Crippen LogP contribution in [0.5, 0.6) is 0 Å². The van der Waals surface area contributed by atoms with Crippen LogP contribution >= 0.6 is 11.6 Å². The molecule has 1 aromatic heterocycles. The van der Waals surface area contributed by atoms with Gasteiger partial charge in [0.25, 0.3) is 11.8 Å². The van der Waals surface area contributed by atoms with Gasteiger partial charge in [-0.25, -0.2) is 0 Å². The predicted molar refractivity (Wildman–Crippen MR) is 145 cm³/mol. The Hall–Kier alpha value is -3.38. The molecule has 1 atom stereocenters. The van der Waals surface area contributed by atoms with Gasteiger partial charge in [-0.15, -0.1) is 0 Å². The Morgan fingerprint density at radius 3 is 2.51 bits per heavy atom. The largest absolute Gasteiger partial charge is 0.371 e. The lowest BCUT2D eigenvalue weighted by Crippen LogP contribution is -2.42. The summed E-state index contributed by atoms with van der Waals surface area (Å²) in [6, 6.07) is 17.1. The van der Waals surface area contributed by atoms with Gasteiger partial charge in [-0.3, -0.25) is 14.6 Å². The number of rotatable bonds is 4. The Labute approximate surface area is 222 Å². The van der Waals surface area contributed by atoms with Crippen LogP contribution in [0.1, 0.15) is 63.6 Å². The third-order valence-electron chi connectivity index (χ3n) is 8.47. The number of amides is 2. The summed E-state index contributed by atoms with van der Waals surface area (Å²) >= 11 is 6.23. The number of carbonyl (C=O) groups is 2. The van der Waals surface area contributed by atoms with E-state index in [1.54, 1.807) is 12.1 Å². The summed E-state index contributed by atoms with van der Waals surface area (Å²) in [5.74, 6) is -0.0842. The average molecular weight is 515 g/mol. The Morgan fingerprint density at radius 1 is 0.973 bits per heavy atom. The summed E-state index contributed by atoms with van der Waals surface area (Å²) in [5.41, 5.74) is 4.87. The van der Waals surface area contributed by atoms with Crippen LogP contribution in [0.4, 0.5) is 5.69 Å². The normalized spacial score (nSPS) is 20.2. The molecule has 2 saturated heterocycles. The third-order valence-corrected chi connectivity index (χ3v) is 8.80. The van der Waals surface area contributed by atoms with Gasteiger partial charge in [0.05, 0.1) is 16.6 Å². The molecule has 1 aliphatic carbocycles. The zero-order valence-corrected chi connectivity index (χ0v) is 21.6. The number of aryl methyl sites for hydroxylation is 1. The smallest absolute Gasteiger partial charge is 0.253 e. The van der Waals surface area contributed by atoms with E-state index in [9.17, 15) is 9.59 Å². The number of piperidine rings is 1. The highest BCUT2D eigenvalue weighted by Crippen LogP contribution is 2.42. The summed E-state index contributed by atoms with van der Waals surface area (Å²) in [6.45, 7) is 3.65. The maximum absolute atomic E-state index is 13.6. The highest BCUT2D eigenvalue weighted by Gasteiger charge is 2.42. The summed E-state index contributed by atoms with van der Waals surface area (Å²) in [7, 11) is 0. The van der Waals surface area contributed by atoms with Gasteiger partial charge in [-0.1, -0.05) is 29.8 Å². The van der Waals surface area contributed by atoms with Crippen LogP contribution in [0.2, 0.25) is 5.02 Å². The van der Waals surface area contributed by atoms with Gasteiger partial charge < -0.3 is 15.1 Å². The van der Waals surface area contributed by atoms with E-state index in [2.05, 4.69) is 33.4 Å². The van der Waals surface area contributed by atoms with E-state index in [-0.39, 0.29) is 23.3 Å². The molecule has 0 bridgehead atoms. The first-order valence-electron chi connectivity index (χ1n) is 13.1. The first-order chi connectivity index (χ1) is 18.0. The maximum Gasteiger partial charge on any atom is 0.253 e. The molecule has 2 aliphatic heterocycles. The molecule has 0 saturated carbocycles. The highest BCUT2D eigenvalue weighted by atomic mass is 35.5. The molecule has 190 valence electrons. The maximum atomic E-state index is 13.6. The third kappa shape index (κ3) is 4.71. The second kappa shape index (κ2) is 9.82. The fraction of sp³-hybridized carbons (Fsp3) is 0.367. The van der Waals surface area contributed by atoms with Gasteiger partial charge in [0.15, 0.2) is 0 Å². The van der Waals surface area contributed by atoms with E-state index in [0.29, 0.717) is 16.1 Å². The van der Waals surface area contributed by atoms with Gasteiger partial charge in [0.1, 0.15) is 0 Å². The van der Waals surface area contributed by atoms with Crippen LogP contribution in [0, 0.1) is 5.41 Å². The Morgan fingerprint density at radius 2 is 1.73 bits per heavy atom. The van der Waals surface area contributed by atoms with E-state index in [4.69, 9.17) is 11.6 Å². The molecule has 7 heteroatoms. The molecule has 6 nitrogen and oxygen atoms in total. The zero-order valence-electron chi connectivity index (χ0n) is 20.8. The fourth-order valence-corrected chi connectivity index (χ4v) is 6.48. The highest BCUT2D eigenvalue weighted by molar-refractivity contribution is 6.33. The predicted octanol–water partition coefficient (Wildman–Crippen LogP) is 5.29. The summed E-state index contributed by atoms with van der Waals surface area (Å²) in [5, 5.41) is 3.58. The molecule has 3 aromatic rings. The second-order valence-electron chi connectivity index (χ2n) is 10.6. The quantitative estimate of drug-likeness (QED) is 0.514. The lowest BCUT2D eigenvalue weighted by molar-refractivity contribution is 0.0764. The molecule has 37 heavy (non-hydrogen) atoms. The van der Waals surface area contributed by atoms with Crippen molar-refractivity contribution in [3.8, 4) is 0 Å². The van der Waals surface area contributed by atoms with Gasteiger partial charge in [0, 0.05) is 49.8 Å². The average Bonchev–Trinajstić information content (AvgIpc) is 3.53. The molecule has 3 aliphatic rings. The van der Waals surface area contributed by atoms with E-state index in [0.717, 1.165) is 63.8 Å². The molecule has 0 radical (unpaired) electrons. The molecule has 3 heterocycles. The number of benzene rings is 2. The van der Waals surface area contributed by atoms with Crippen LogP contribution < -0.4 is 10.2 Å². The second-order valence-corrected chi connectivity index (χ2v) is 11.0. The van der Waals surface area contributed by atoms with Crippen molar-refractivity contribution in [2.45, 2.75) is 38.1 Å². The van der Waals surface area contributed by atoms with Crippen molar-refractivity contribution in [1.82, 2.24) is 15.2 Å². The molecule has 1 N–H and O–H groups in total. The van der Waals surface area contributed by atoms with Crippen molar-refractivity contribution in [3.63, 3.8) is 0 Å². The van der Waals surface area contributed by atoms with Crippen molar-refractivity contribution in [2.24, 2.45) is 5.41 Å². The number of fused-ring (bicyclic) bond motifs is 1. The van der Waals surface area contributed by atoms with Crippen LogP contribution in [0.3, 0.4) is 0 Å². The molecular formula is C30H31ClN4O2. The topological polar surface area (TPSA) is 65.5 Å². The van der Waals surface area contributed by atoms with Crippen molar-refractivity contribution < 1.29 is 9.59 Å². The van der Waals surface area contributed by atoms with Crippen molar-refractivity contribution in [3.05, 3.63) is 94.3 Å². The number of pyridine rings is 1. The minimum absolute atomic E-state index is 0.0966. The number of halogens is 1. The summed E-state index contributed by atoms with van der Waals surface area (Å²) in [4.78, 5) is 35.0. The monoisotopic (exact) mass is 514 g/mol. The molecular weight excluding hydrogens is 484 g/mol. The number of nitrogens with one attached hydrogen (secondary N) is 1. The molecule has 1 spiro atoms. The van der Waals surface area contributed by atoms with Crippen molar-refractivity contribution >= 4 is 29.1 Å². The fourth-order valence-electron chi connectivity index (χ4n) is 6.26. The number of nitrogens with zero attached hydrogens (tertiary/aromatic N) is 3. The Kier molecular flexibility index (Phi) is 6.37. The molecule has 2 fully saturated rings. The number of hydrogen-bond donors (Lipinski definition) is 1. The first kappa shape index (κ1) is 24.0. The minimum Gasteiger partial charge on any atom is -0.371 e. The van der Waals surface area contributed by atoms with Crippen LogP contribution in [-0.4, -0.2) is 47.9 Å².